The molecule has 1 N–H and O–H groups in total. The summed E-state index contributed by atoms with van der Waals surface area (Å²) in [5.74, 6) is 3.10. The normalized spacial score (nSPS) is 46.4. The molecule has 0 unspecified atom stereocenters. The van der Waals surface area contributed by atoms with Gasteiger partial charge in [0.25, 0.3) is 0 Å². The van der Waals surface area contributed by atoms with Gasteiger partial charge in [-0.15, -0.1) is 0 Å². The molecule has 1 heterocycles. The number of hydrogen-bond acceptors (Lipinski definition) is 2. The maximum atomic E-state index is 9.32. The summed E-state index contributed by atoms with van der Waals surface area (Å²) >= 11 is 0. The Morgan fingerprint density at radius 3 is 2.69 bits per heavy atom. The van der Waals surface area contributed by atoms with Crippen LogP contribution in [0.15, 0.2) is 0 Å². The highest BCUT2D eigenvalue weighted by molar-refractivity contribution is 4.92. The topological polar surface area (TPSA) is 23.5 Å². The largest absolute Gasteiger partial charge is 0.396 e. The van der Waals surface area contributed by atoms with Crippen LogP contribution < -0.4 is 0 Å². The Kier molecular flexibility index (Phi) is 2.61. The van der Waals surface area contributed by atoms with E-state index in [1.807, 2.05) is 0 Å². The van der Waals surface area contributed by atoms with Crippen molar-refractivity contribution in [3.05, 3.63) is 0 Å². The van der Waals surface area contributed by atoms with Gasteiger partial charge in [-0.1, -0.05) is 13.3 Å². The Bertz CT molecular complexity index is 183. The second-order valence-electron chi connectivity index (χ2n) is 5.05. The summed E-state index contributed by atoms with van der Waals surface area (Å²) < 4.78 is 0. The summed E-state index contributed by atoms with van der Waals surface area (Å²) in [6.07, 6.45) is 2.73. The molecule has 0 aromatic rings. The van der Waals surface area contributed by atoms with E-state index in [1.165, 1.54) is 19.4 Å². The van der Waals surface area contributed by atoms with Crippen LogP contribution in [0.25, 0.3) is 0 Å². The van der Waals surface area contributed by atoms with Gasteiger partial charge < -0.3 is 10.0 Å². The standard InChI is InChI=1S/C11H21NO/c1-8-3-4-10-9(7-13)5-12(2)6-11(8)10/h8-11,13H,3-7H2,1-2H3/t8-,9+,10+,11-/m0/s1. The minimum atomic E-state index is 0.387. The van der Waals surface area contributed by atoms with Gasteiger partial charge in [-0.05, 0) is 37.1 Å². The summed E-state index contributed by atoms with van der Waals surface area (Å²) in [5, 5.41) is 9.32. The molecule has 0 spiro atoms. The van der Waals surface area contributed by atoms with Gasteiger partial charge in [-0.25, -0.2) is 0 Å². The van der Waals surface area contributed by atoms with Crippen LogP contribution >= 0.6 is 0 Å². The average Bonchev–Trinajstić information content (AvgIpc) is 2.47. The van der Waals surface area contributed by atoms with Gasteiger partial charge in [0.15, 0.2) is 0 Å². The average molecular weight is 183 g/mol. The van der Waals surface area contributed by atoms with E-state index >= 15 is 0 Å². The molecular weight excluding hydrogens is 162 g/mol. The first-order valence-corrected chi connectivity index (χ1v) is 5.51. The summed E-state index contributed by atoms with van der Waals surface area (Å²) in [6.45, 7) is 5.11. The Labute approximate surface area is 80.9 Å². The molecule has 0 bridgehead atoms. The van der Waals surface area contributed by atoms with Gasteiger partial charge in [0.2, 0.25) is 0 Å². The minimum absolute atomic E-state index is 0.387. The fraction of sp³-hybridized carbons (Fsp3) is 1.00. The Hall–Kier alpha value is -0.0800. The lowest BCUT2D eigenvalue weighted by atomic mass is 9.78. The molecule has 2 aliphatic rings. The van der Waals surface area contributed by atoms with E-state index in [0.29, 0.717) is 12.5 Å². The number of fused-ring (bicyclic) bond motifs is 1. The van der Waals surface area contributed by atoms with E-state index in [-0.39, 0.29) is 0 Å². The lowest BCUT2D eigenvalue weighted by Crippen LogP contribution is -2.45. The molecule has 1 saturated carbocycles. The molecule has 2 rings (SSSR count). The van der Waals surface area contributed by atoms with Crippen molar-refractivity contribution in [2.75, 3.05) is 26.7 Å². The van der Waals surface area contributed by atoms with Gasteiger partial charge in [0, 0.05) is 19.7 Å². The van der Waals surface area contributed by atoms with Crippen LogP contribution in [0.5, 0.6) is 0 Å². The van der Waals surface area contributed by atoms with Crippen molar-refractivity contribution < 1.29 is 5.11 Å². The second-order valence-corrected chi connectivity index (χ2v) is 5.05. The molecule has 0 aromatic heterocycles. The van der Waals surface area contributed by atoms with Crippen LogP contribution in [0.1, 0.15) is 19.8 Å². The molecule has 1 saturated heterocycles. The first-order valence-electron chi connectivity index (χ1n) is 5.51. The molecule has 2 fully saturated rings. The van der Waals surface area contributed by atoms with E-state index in [9.17, 15) is 5.11 Å². The van der Waals surface area contributed by atoms with Gasteiger partial charge in [-0.3, -0.25) is 0 Å². The quantitative estimate of drug-likeness (QED) is 0.660. The fourth-order valence-electron chi connectivity index (χ4n) is 3.37. The number of aliphatic hydroxyl groups is 1. The third-order valence-electron chi connectivity index (χ3n) is 4.14. The zero-order valence-electron chi connectivity index (χ0n) is 8.74. The molecule has 1 aliphatic heterocycles. The van der Waals surface area contributed by atoms with Crippen molar-refractivity contribution in [2.45, 2.75) is 19.8 Å². The number of likely N-dealkylation sites (tertiary alicyclic amines) is 1. The third-order valence-corrected chi connectivity index (χ3v) is 4.14. The summed E-state index contributed by atoms with van der Waals surface area (Å²) in [5.41, 5.74) is 0. The maximum absolute atomic E-state index is 9.32. The lowest BCUT2D eigenvalue weighted by molar-refractivity contribution is 0.0462. The molecule has 4 atom stereocenters. The Morgan fingerprint density at radius 2 is 2.00 bits per heavy atom. The van der Waals surface area contributed by atoms with Crippen molar-refractivity contribution in [3.63, 3.8) is 0 Å². The zero-order valence-corrected chi connectivity index (χ0v) is 8.74. The molecule has 76 valence electrons. The molecule has 1 aliphatic carbocycles. The number of hydrogen-bond donors (Lipinski definition) is 1. The predicted octanol–water partition coefficient (Wildman–Crippen LogP) is 1.20. The summed E-state index contributed by atoms with van der Waals surface area (Å²) in [4.78, 5) is 2.39. The minimum Gasteiger partial charge on any atom is -0.396 e. The SMILES string of the molecule is C[C@H]1CC[C@@H]2[C@@H](CO)CN(C)C[C@H]21. The molecule has 0 radical (unpaired) electrons. The number of piperidine rings is 1. The van der Waals surface area contributed by atoms with Gasteiger partial charge >= 0.3 is 0 Å². The number of aliphatic hydroxyl groups excluding tert-OH is 1. The monoisotopic (exact) mass is 183 g/mol. The summed E-state index contributed by atoms with van der Waals surface area (Å²) in [6, 6.07) is 0. The van der Waals surface area contributed by atoms with Crippen molar-refractivity contribution in [1.29, 1.82) is 0 Å². The number of nitrogens with zero attached hydrogens (tertiary/aromatic N) is 1. The first-order chi connectivity index (χ1) is 6.22. The number of rotatable bonds is 1. The van der Waals surface area contributed by atoms with E-state index < -0.39 is 0 Å². The van der Waals surface area contributed by atoms with E-state index in [1.54, 1.807) is 0 Å². The second kappa shape index (κ2) is 3.58. The zero-order chi connectivity index (χ0) is 9.42. The van der Waals surface area contributed by atoms with E-state index in [2.05, 4.69) is 18.9 Å². The van der Waals surface area contributed by atoms with Gasteiger partial charge in [0.1, 0.15) is 0 Å². The fourth-order valence-corrected chi connectivity index (χ4v) is 3.37. The van der Waals surface area contributed by atoms with Crippen LogP contribution in [0, 0.1) is 23.7 Å². The smallest absolute Gasteiger partial charge is 0.0474 e. The van der Waals surface area contributed by atoms with Crippen LogP contribution in [-0.4, -0.2) is 36.8 Å². The molecular formula is C11H21NO. The Morgan fingerprint density at radius 1 is 1.23 bits per heavy atom. The van der Waals surface area contributed by atoms with E-state index in [4.69, 9.17) is 0 Å². The van der Waals surface area contributed by atoms with Crippen molar-refractivity contribution >= 4 is 0 Å². The van der Waals surface area contributed by atoms with Crippen LogP contribution in [-0.2, 0) is 0 Å². The van der Waals surface area contributed by atoms with Crippen molar-refractivity contribution in [3.8, 4) is 0 Å². The predicted molar refractivity (Wildman–Crippen MR) is 53.5 cm³/mol. The Balaban J connectivity index is 2.08. The molecule has 2 heteroatoms. The van der Waals surface area contributed by atoms with Gasteiger partial charge in [-0.2, -0.15) is 0 Å². The molecule has 0 aromatic carbocycles. The lowest BCUT2D eigenvalue weighted by Gasteiger charge is -2.39. The molecule has 0 amide bonds. The molecule has 2 nitrogen and oxygen atoms in total. The molecule has 13 heavy (non-hydrogen) atoms. The van der Waals surface area contributed by atoms with Crippen LogP contribution in [0.4, 0.5) is 0 Å². The van der Waals surface area contributed by atoms with Crippen molar-refractivity contribution in [1.82, 2.24) is 4.90 Å². The summed E-state index contributed by atoms with van der Waals surface area (Å²) in [7, 11) is 2.18. The highest BCUT2D eigenvalue weighted by atomic mass is 16.3. The highest BCUT2D eigenvalue weighted by Gasteiger charge is 2.41. The van der Waals surface area contributed by atoms with Crippen molar-refractivity contribution in [2.24, 2.45) is 23.7 Å². The maximum Gasteiger partial charge on any atom is 0.0474 e. The van der Waals surface area contributed by atoms with Gasteiger partial charge in [0.05, 0.1) is 0 Å². The van der Waals surface area contributed by atoms with Crippen LogP contribution in [0.2, 0.25) is 0 Å². The van der Waals surface area contributed by atoms with E-state index in [0.717, 1.165) is 24.3 Å². The highest BCUT2D eigenvalue weighted by Crippen LogP contribution is 2.43. The third kappa shape index (κ3) is 1.62. The first kappa shape index (κ1) is 9.47. The van der Waals surface area contributed by atoms with Crippen LogP contribution in [0.3, 0.4) is 0 Å².